The Morgan fingerprint density at radius 1 is 1.11 bits per heavy atom. The number of carbonyl (C=O) groups is 1. The molecule has 146 valence electrons. The van der Waals surface area contributed by atoms with Gasteiger partial charge in [-0.2, -0.15) is 0 Å². The quantitative estimate of drug-likeness (QED) is 0.715. The normalized spacial score (nSPS) is 11.4. The van der Waals surface area contributed by atoms with Crippen LogP contribution >= 0.6 is 0 Å². The van der Waals surface area contributed by atoms with Crippen LogP contribution in [0.3, 0.4) is 0 Å². The average Bonchev–Trinajstić information content (AvgIpc) is 2.70. The molecule has 6 nitrogen and oxygen atoms in total. The van der Waals surface area contributed by atoms with E-state index in [2.05, 4.69) is 5.32 Å². The topological polar surface area (TPSA) is 60.0 Å². The van der Waals surface area contributed by atoms with Gasteiger partial charge in [0.1, 0.15) is 29.7 Å². The number of halogens is 1. The van der Waals surface area contributed by atoms with Gasteiger partial charge < -0.3 is 24.4 Å². The predicted octanol–water partition coefficient (Wildman–Crippen LogP) is 3.62. The largest absolute Gasteiger partial charge is 0.497 e. The number of nitrogens with zero attached hydrogens (tertiary/aromatic N) is 1. The zero-order valence-electron chi connectivity index (χ0n) is 16.0. The molecule has 2 amide bonds. The van der Waals surface area contributed by atoms with E-state index >= 15 is 0 Å². The molecule has 1 atom stereocenters. The lowest BCUT2D eigenvalue weighted by atomic mass is 10.1. The standard InChI is InChI=1S/C20H25FN2O4/c1-14(18-10-9-17(25-3)13-19(18)26-4)23(2)20(24)22-11-12-27-16-7-5-15(21)6-8-16/h5-10,13-14H,11-12H2,1-4H3,(H,22,24)/t14-/m1/s1. The van der Waals surface area contributed by atoms with Gasteiger partial charge in [0.05, 0.1) is 26.8 Å². The minimum Gasteiger partial charge on any atom is -0.497 e. The van der Waals surface area contributed by atoms with Gasteiger partial charge in [-0.05, 0) is 43.3 Å². The molecule has 0 spiro atoms. The number of ether oxygens (including phenoxy) is 3. The van der Waals surface area contributed by atoms with Crippen LogP contribution in [0.25, 0.3) is 0 Å². The van der Waals surface area contributed by atoms with E-state index in [1.165, 1.54) is 12.1 Å². The molecular weight excluding hydrogens is 351 g/mol. The lowest BCUT2D eigenvalue weighted by molar-refractivity contribution is 0.190. The molecule has 2 rings (SSSR count). The third-order valence-corrected chi connectivity index (χ3v) is 4.25. The van der Waals surface area contributed by atoms with Crippen LogP contribution in [-0.2, 0) is 0 Å². The van der Waals surface area contributed by atoms with Gasteiger partial charge in [-0.3, -0.25) is 0 Å². The zero-order valence-corrected chi connectivity index (χ0v) is 16.0. The molecule has 2 aromatic carbocycles. The van der Waals surface area contributed by atoms with Crippen molar-refractivity contribution < 1.29 is 23.4 Å². The van der Waals surface area contributed by atoms with Crippen molar-refractivity contribution in [2.75, 3.05) is 34.4 Å². The lowest BCUT2D eigenvalue weighted by Crippen LogP contribution is -2.40. The summed E-state index contributed by atoms with van der Waals surface area (Å²) in [6.07, 6.45) is 0. The van der Waals surface area contributed by atoms with Crippen molar-refractivity contribution in [3.8, 4) is 17.2 Å². The van der Waals surface area contributed by atoms with Gasteiger partial charge in [-0.25, -0.2) is 9.18 Å². The van der Waals surface area contributed by atoms with Gasteiger partial charge in [0, 0.05) is 18.7 Å². The molecule has 0 aliphatic carbocycles. The Morgan fingerprint density at radius 2 is 1.78 bits per heavy atom. The van der Waals surface area contributed by atoms with E-state index in [1.807, 2.05) is 19.1 Å². The molecule has 0 heterocycles. The third kappa shape index (κ3) is 5.51. The van der Waals surface area contributed by atoms with Gasteiger partial charge in [0.15, 0.2) is 0 Å². The summed E-state index contributed by atoms with van der Waals surface area (Å²) >= 11 is 0. The van der Waals surface area contributed by atoms with Gasteiger partial charge in [-0.15, -0.1) is 0 Å². The Bertz CT molecular complexity index is 752. The second-order valence-corrected chi connectivity index (χ2v) is 5.93. The molecule has 1 N–H and O–H groups in total. The monoisotopic (exact) mass is 376 g/mol. The molecule has 0 aliphatic rings. The second-order valence-electron chi connectivity index (χ2n) is 5.93. The minimum atomic E-state index is -0.319. The summed E-state index contributed by atoms with van der Waals surface area (Å²) in [6.45, 7) is 2.53. The molecule has 27 heavy (non-hydrogen) atoms. The van der Waals surface area contributed by atoms with E-state index in [4.69, 9.17) is 14.2 Å². The number of carbonyl (C=O) groups excluding carboxylic acids is 1. The SMILES string of the molecule is COc1ccc([C@@H](C)N(C)C(=O)NCCOc2ccc(F)cc2)c(OC)c1. The minimum absolute atomic E-state index is 0.205. The predicted molar refractivity (Wildman–Crippen MR) is 101 cm³/mol. The van der Waals surface area contributed by atoms with E-state index in [1.54, 1.807) is 44.4 Å². The maximum atomic E-state index is 12.8. The van der Waals surface area contributed by atoms with Crippen molar-refractivity contribution in [3.63, 3.8) is 0 Å². The van der Waals surface area contributed by atoms with Gasteiger partial charge in [0.25, 0.3) is 0 Å². The fraction of sp³-hybridized carbons (Fsp3) is 0.350. The summed E-state index contributed by atoms with van der Waals surface area (Å²) in [5, 5.41) is 2.80. The Kier molecular flexibility index (Phi) is 7.28. The Morgan fingerprint density at radius 3 is 2.41 bits per heavy atom. The molecule has 0 fully saturated rings. The van der Waals surface area contributed by atoms with Crippen molar-refractivity contribution in [1.29, 1.82) is 0 Å². The highest BCUT2D eigenvalue weighted by Gasteiger charge is 2.20. The molecule has 7 heteroatoms. The summed E-state index contributed by atoms with van der Waals surface area (Å²) < 4.78 is 28.9. The highest BCUT2D eigenvalue weighted by Crippen LogP contribution is 2.31. The maximum absolute atomic E-state index is 12.8. The molecule has 0 aromatic heterocycles. The number of rotatable bonds is 8. The van der Waals surface area contributed by atoms with E-state index < -0.39 is 0 Å². The van der Waals surface area contributed by atoms with E-state index in [9.17, 15) is 9.18 Å². The van der Waals surface area contributed by atoms with E-state index in [0.717, 1.165) is 5.56 Å². The Labute approximate surface area is 158 Å². The number of urea groups is 1. The van der Waals surface area contributed by atoms with Crippen LogP contribution in [0.15, 0.2) is 42.5 Å². The summed E-state index contributed by atoms with van der Waals surface area (Å²) in [4.78, 5) is 14.0. The number of hydrogen-bond donors (Lipinski definition) is 1. The molecular formula is C20H25FN2O4. The van der Waals surface area contributed by atoms with Crippen molar-refractivity contribution in [2.45, 2.75) is 13.0 Å². The van der Waals surface area contributed by atoms with E-state index in [0.29, 0.717) is 23.8 Å². The van der Waals surface area contributed by atoms with Crippen molar-refractivity contribution >= 4 is 6.03 Å². The lowest BCUT2D eigenvalue weighted by Gasteiger charge is -2.27. The van der Waals surface area contributed by atoms with Crippen molar-refractivity contribution in [3.05, 3.63) is 53.8 Å². The molecule has 0 unspecified atom stereocenters. The summed E-state index contributed by atoms with van der Waals surface area (Å²) in [6, 6.07) is 10.8. The number of nitrogens with one attached hydrogen (secondary N) is 1. The average molecular weight is 376 g/mol. The highest BCUT2D eigenvalue weighted by molar-refractivity contribution is 5.74. The molecule has 0 bridgehead atoms. The van der Waals surface area contributed by atoms with Crippen molar-refractivity contribution in [2.24, 2.45) is 0 Å². The number of hydrogen-bond acceptors (Lipinski definition) is 4. The molecule has 0 radical (unpaired) electrons. The number of methoxy groups -OCH3 is 2. The van der Waals surface area contributed by atoms with Gasteiger partial charge >= 0.3 is 6.03 Å². The first-order valence-electron chi connectivity index (χ1n) is 8.57. The summed E-state index contributed by atoms with van der Waals surface area (Å²) in [7, 11) is 4.88. The van der Waals surface area contributed by atoms with Crippen molar-refractivity contribution in [1.82, 2.24) is 10.2 Å². The molecule has 0 aliphatic heterocycles. The number of benzene rings is 2. The smallest absolute Gasteiger partial charge is 0.317 e. The van der Waals surface area contributed by atoms with Gasteiger partial charge in [-0.1, -0.05) is 0 Å². The Balaban J connectivity index is 1.87. The molecule has 2 aromatic rings. The maximum Gasteiger partial charge on any atom is 0.317 e. The first-order chi connectivity index (χ1) is 13.0. The first kappa shape index (κ1) is 20.4. The first-order valence-corrected chi connectivity index (χ1v) is 8.57. The van der Waals surface area contributed by atoms with E-state index in [-0.39, 0.29) is 24.5 Å². The summed E-state index contributed by atoms with van der Waals surface area (Å²) in [5.74, 6) is 1.57. The highest BCUT2D eigenvalue weighted by atomic mass is 19.1. The number of amides is 2. The summed E-state index contributed by atoms with van der Waals surface area (Å²) in [5.41, 5.74) is 0.874. The molecule has 0 saturated heterocycles. The second kappa shape index (κ2) is 9.66. The molecule has 0 saturated carbocycles. The van der Waals surface area contributed by atoms with Crippen LogP contribution in [0.2, 0.25) is 0 Å². The zero-order chi connectivity index (χ0) is 19.8. The fourth-order valence-electron chi connectivity index (χ4n) is 2.53. The van der Waals surface area contributed by atoms with Crippen LogP contribution in [0.5, 0.6) is 17.2 Å². The van der Waals surface area contributed by atoms with Crippen LogP contribution in [0, 0.1) is 5.82 Å². The fourth-order valence-corrected chi connectivity index (χ4v) is 2.53. The van der Waals surface area contributed by atoms with Crippen LogP contribution < -0.4 is 19.5 Å². The van der Waals surface area contributed by atoms with Crippen LogP contribution in [-0.4, -0.2) is 45.3 Å². The Hall–Kier alpha value is -2.96. The third-order valence-electron chi connectivity index (χ3n) is 4.25. The van der Waals surface area contributed by atoms with Gasteiger partial charge in [0.2, 0.25) is 0 Å². The van der Waals surface area contributed by atoms with Crippen LogP contribution in [0.4, 0.5) is 9.18 Å². The van der Waals surface area contributed by atoms with Crippen LogP contribution in [0.1, 0.15) is 18.5 Å².